The second-order valence-corrected chi connectivity index (χ2v) is 7.65. The van der Waals surface area contributed by atoms with Crippen molar-refractivity contribution in [2.75, 3.05) is 0 Å². The Kier molecular flexibility index (Phi) is 3.99. The largest absolute Gasteiger partial charge is 0.495 e. The van der Waals surface area contributed by atoms with Gasteiger partial charge in [-0.25, -0.2) is 0 Å². The van der Waals surface area contributed by atoms with Crippen molar-refractivity contribution >= 4 is 18.2 Å². The molecule has 1 saturated heterocycles. The summed E-state index contributed by atoms with van der Waals surface area (Å²) in [6, 6.07) is 6.67. The molecule has 1 aromatic carbocycles. The molecular formula is C19H27BO2. The van der Waals surface area contributed by atoms with Crippen LogP contribution >= 0.6 is 0 Å². The molecule has 0 saturated carbocycles. The molecule has 1 aromatic rings. The van der Waals surface area contributed by atoms with Crippen LogP contribution in [0.15, 0.2) is 24.3 Å². The molecule has 0 bridgehead atoms. The molecule has 2 nitrogen and oxygen atoms in total. The summed E-state index contributed by atoms with van der Waals surface area (Å²) in [4.78, 5) is 0. The number of hydrogen-bond donors (Lipinski definition) is 0. The van der Waals surface area contributed by atoms with E-state index in [0.29, 0.717) is 0 Å². The van der Waals surface area contributed by atoms with Gasteiger partial charge in [0.2, 0.25) is 0 Å². The number of benzene rings is 1. The summed E-state index contributed by atoms with van der Waals surface area (Å²) in [7, 11) is -0.275. The maximum absolute atomic E-state index is 6.29. The van der Waals surface area contributed by atoms with Gasteiger partial charge in [0.1, 0.15) is 0 Å². The van der Waals surface area contributed by atoms with Gasteiger partial charge in [-0.15, -0.1) is 0 Å². The van der Waals surface area contributed by atoms with Crippen LogP contribution in [0, 0.1) is 6.92 Å². The summed E-state index contributed by atoms with van der Waals surface area (Å²) in [5, 5.41) is 0. The quantitative estimate of drug-likeness (QED) is 0.760. The van der Waals surface area contributed by atoms with E-state index in [4.69, 9.17) is 9.31 Å². The Hall–Kier alpha value is -1.06. The molecule has 1 aliphatic heterocycles. The summed E-state index contributed by atoms with van der Waals surface area (Å²) in [5.41, 5.74) is 4.62. The highest BCUT2D eigenvalue weighted by molar-refractivity contribution is 6.63. The van der Waals surface area contributed by atoms with Crippen LogP contribution in [0.1, 0.15) is 64.5 Å². The summed E-state index contributed by atoms with van der Waals surface area (Å²) < 4.78 is 12.6. The number of aryl methyl sites for hydroxylation is 1. The van der Waals surface area contributed by atoms with Gasteiger partial charge in [0.15, 0.2) is 0 Å². The highest BCUT2D eigenvalue weighted by Crippen LogP contribution is 2.37. The third kappa shape index (κ3) is 2.77. The Morgan fingerprint density at radius 2 is 1.68 bits per heavy atom. The smallest absolute Gasteiger partial charge is 0.399 e. The van der Waals surface area contributed by atoms with E-state index in [0.717, 1.165) is 6.42 Å². The number of hydrogen-bond acceptors (Lipinski definition) is 2. The number of allylic oxidation sites excluding steroid dienone is 2. The van der Waals surface area contributed by atoms with Crippen molar-refractivity contribution in [1.29, 1.82) is 0 Å². The van der Waals surface area contributed by atoms with E-state index in [1.54, 1.807) is 0 Å². The average Bonchev–Trinajstić information content (AvgIpc) is 2.68. The van der Waals surface area contributed by atoms with E-state index in [1.807, 2.05) is 0 Å². The molecule has 3 rings (SSSR count). The predicted molar refractivity (Wildman–Crippen MR) is 93.3 cm³/mol. The third-order valence-electron chi connectivity index (χ3n) is 5.35. The Morgan fingerprint density at radius 3 is 2.27 bits per heavy atom. The standard InChI is InChI=1S/C19H27BO2/c1-14-11-12-16(15-9-7-6-8-10-15)17(13-14)20-21-18(2,3)19(4,5)22-20/h9,11-13H,6-8,10H2,1-5H3. The van der Waals surface area contributed by atoms with Crippen LogP contribution in [-0.2, 0) is 9.31 Å². The summed E-state index contributed by atoms with van der Waals surface area (Å²) >= 11 is 0. The summed E-state index contributed by atoms with van der Waals surface area (Å²) in [5.74, 6) is 0. The van der Waals surface area contributed by atoms with Crippen molar-refractivity contribution in [2.24, 2.45) is 0 Å². The molecule has 0 unspecified atom stereocenters. The zero-order chi connectivity index (χ0) is 16.0. The monoisotopic (exact) mass is 298 g/mol. The highest BCUT2D eigenvalue weighted by atomic mass is 16.7. The molecule has 118 valence electrons. The van der Waals surface area contributed by atoms with Gasteiger partial charge >= 0.3 is 7.12 Å². The fourth-order valence-corrected chi connectivity index (χ4v) is 3.22. The third-order valence-corrected chi connectivity index (χ3v) is 5.35. The van der Waals surface area contributed by atoms with Crippen molar-refractivity contribution in [3.63, 3.8) is 0 Å². The first-order chi connectivity index (χ1) is 10.3. The van der Waals surface area contributed by atoms with Crippen molar-refractivity contribution < 1.29 is 9.31 Å². The molecule has 1 heterocycles. The van der Waals surface area contributed by atoms with Gasteiger partial charge in [0.05, 0.1) is 11.2 Å². The maximum Gasteiger partial charge on any atom is 0.495 e. The molecule has 22 heavy (non-hydrogen) atoms. The molecule has 2 aliphatic rings. The Labute approximate surface area is 135 Å². The normalized spacial score (nSPS) is 23.5. The molecule has 0 spiro atoms. The molecule has 0 atom stereocenters. The van der Waals surface area contributed by atoms with E-state index >= 15 is 0 Å². The van der Waals surface area contributed by atoms with Crippen LogP contribution in [0.4, 0.5) is 0 Å². The zero-order valence-electron chi connectivity index (χ0n) is 14.5. The van der Waals surface area contributed by atoms with E-state index < -0.39 is 0 Å². The molecule has 0 N–H and O–H groups in total. The van der Waals surface area contributed by atoms with E-state index in [-0.39, 0.29) is 18.3 Å². The van der Waals surface area contributed by atoms with Crippen molar-refractivity contribution in [3.05, 3.63) is 35.4 Å². The molecule has 1 aliphatic carbocycles. The van der Waals surface area contributed by atoms with Gasteiger partial charge in [-0.2, -0.15) is 0 Å². The van der Waals surface area contributed by atoms with Crippen LogP contribution in [0.5, 0.6) is 0 Å². The first kappa shape index (κ1) is 15.8. The molecule has 1 fully saturated rings. The fourth-order valence-electron chi connectivity index (χ4n) is 3.22. The van der Waals surface area contributed by atoms with Crippen LogP contribution in [-0.4, -0.2) is 18.3 Å². The second-order valence-electron chi connectivity index (χ2n) is 7.65. The minimum Gasteiger partial charge on any atom is -0.399 e. The van der Waals surface area contributed by atoms with Gasteiger partial charge in [0, 0.05) is 0 Å². The molecule has 0 radical (unpaired) electrons. The van der Waals surface area contributed by atoms with Gasteiger partial charge in [-0.3, -0.25) is 0 Å². The van der Waals surface area contributed by atoms with E-state index in [9.17, 15) is 0 Å². The van der Waals surface area contributed by atoms with Crippen molar-refractivity contribution in [2.45, 2.75) is 71.5 Å². The van der Waals surface area contributed by atoms with Crippen LogP contribution in [0.3, 0.4) is 0 Å². The summed E-state index contributed by atoms with van der Waals surface area (Å²) in [6.07, 6.45) is 7.33. The maximum atomic E-state index is 6.29. The van der Waals surface area contributed by atoms with Crippen molar-refractivity contribution in [3.8, 4) is 0 Å². The van der Waals surface area contributed by atoms with Crippen molar-refractivity contribution in [1.82, 2.24) is 0 Å². The number of rotatable bonds is 2. The molecule has 0 aromatic heterocycles. The molecule has 3 heteroatoms. The fraction of sp³-hybridized carbons (Fsp3) is 0.579. The van der Waals surface area contributed by atoms with E-state index in [2.05, 4.69) is 58.9 Å². The van der Waals surface area contributed by atoms with Crippen LogP contribution in [0.2, 0.25) is 0 Å². The van der Waals surface area contributed by atoms with Crippen LogP contribution < -0.4 is 5.46 Å². The Balaban J connectivity index is 2.00. The first-order valence-electron chi connectivity index (χ1n) is 8.46. The second kappa shape index (κ2) is 5.54. The average molecular weight is 298 g/mol. The lowest BCUT2D eigenvalue weighted by atomic mass is 9.72. The van der Waals surface area contributed by atoms with Gasteiger partial charge < -0.3 is 9.31 Å². The molecular weight excluding hydrogens is 271 g/mol. The predicted octanol–water partition coefficient (Wildman–Crippen LogP) is 4.25. The molecule has 0 amide bonds. The van der Waals surface area contributed by atoms with Crippen LogP contribution in [0.25, 0.3) is 5.57 Å². The first-order valence-corrected chi connectivity index (χ1v) is 8.46. The topological polar surface area (TPSA) is 18.5 Å². The SMILES string of the molecule is Cc1ccc(C2=CCCCC2)c(B2OC(C)(C)C(C)(C)O2)c1. The summed E-state index contributed by atoms with van der Waals surface area (Å²) in [6.45, 7) is 10.6. The van der Waals surface area contributed by atoms with Gasteiger partial charge in [-0.1, -0.05) is 29.8 Å². The lowest BCUT2D eigenvalue weighted by molar-refractivity contribution is 0.00578. The highest BCUT2D eigenvalue weighted by Gasteiger charge is 2.52. The lowest BCUT2D eigenvalue weighted by Crippen LogP contribution is -2.41. The Morgan fingerprint density at radius 1 is 1.00 bits per heavy atom. The minimum atomic E-state index is -0.292. The van der Waals surface area contributed by atoms with Gasteiger partial charge in [-0.05, 0) is 76.9 Å². The Bertz CT molecular complexity index is 585. The zero-order valence-corrected chi connectivity index (χ0v) is 14.5. The van der Waals surface area contributed by atoms with Gasteiger partial charge in [0.25, 0.3) is 0 Å². The minimum absolute atomic E-state index is 0.275. The van der Waals surface area contributed by atoms with E-state index in [1.165, 1.54) is 41.4 Å². The lowest BCUT2D eigenvalue weighted by Gasteiger charge is -2.32.